The van der Waals surface area contributed by atoms with Crippen LogP contribution in [0.2, 0.25) is 0 Å². The molecule has 8 heteroatoms. The van der Waals surface area contributed by atoms with Crippen LogP contribution in [0, 0.1) is 16.0 Å². The zero-order valence-electron chi connectivity index (χ0n) is 18.7. The third-order valence-electron chi connectivity index (χ3n) is 6.16. The summed E-state index contributed by atoms with van der Waals surface area (Å²) in [4.78, 5) is 27.1. The molecule has 0 unspecified atom stereocenters. The number of anilines is 1. The van der Waals surface area contributed by atoms with Crippen LogP contribution in [0.25, 0.3) is 0 Å². The molecule has 32 heavy (non-hydrogen) atoms. The monoisotopic (exact) mass is 439 g/mol. The Morgan fingerprint density at radius 1 is 1.19 bits per heavy atom. The number of fused-ring (bicyclic) bond motifs is 1. The molecule has 2 aromatic rings. The summed E-state index contributed by atoms with van der Waals surface area (Å²) in [5.41, 5.74) is 2.03. The quantitative estimate of drug-likeness (QED) is 0.510. The van der Waals surface area contributed by atoms with Crippen LogP contribution in [0.4, 0.5) is 11.4 Å². The Morgan fingerprint density at radius 2 is 1.88 bits per heavy atom. The van der Waals surface area contributed by atoms with Crippen molar-refractivity contribution in [1.82, 2.24) is 4.90 Å². The van der Waals surface area contributed by atoms with Gasteiger partial charge in [0.25, 0.3) is 5.69 Å². The maximum atomic E-state index is 13.6. The number of amides is 1. The number of hydrogen-bond donors (Lipinski definition) is 1. The average molecular weight is 440 g/mol. The van der Waals surface area contributed by atoms with E-state index in [1.54, 1.807) is 6.07 Å². The molecule has 0 spiro atoms. The van der Waals surface area contributed by atoms with E-state index in [0.29, 0.717) is 47.7 Å². The minimum Gasteiger partial charge on any atom is -0.454 e. The van der Waals surface area contributed by atoms with E-state index in [0.717, 1.165) is 12.8 Å². The highest BCUT2D eigenvalue weighted by molar-refractivity contribution is 5.96. The lowest BCUT2D eigenvalue weighted by atomic mass is 9.94. The second kappa shape index (κ2) is 9.16. The van der Waals surface area contributed by atoms with Gasteiger partial charge in [-0.2, -0.15) is 0 Å². The molecule has 1 saturated heterocycles. The maximum Gasteiger partial charge on any atom is 0.278 e. The summed E-state index contributed by atoms with van der Waals surface area (Å²) >= 11 is 0. The van der Waals surface area contributed by atoms with Gasteiger partial charge in [0.2, 0.25) is 12.7 Å². The lowest BCUT2D eigenvalue weighted by molar-refractivity contribution is -0.386. The number of hydrogen-bond acceptors (Lipinski definition) is 6. The highest BCUT2D eigenvalue weighted by atomic mass is 16.7. The number of nitro groups is 1. The van der Waals surface area contributed by atoms with Crippen LogP contribution in [0.3, 0.4) is 0 Å². The van der Waals surface area contributed by atoms with Gasteiger partial charge in [0, 0.05) is 12.2 Å². The predicted molar refractivity (Wildman–Crippen MR) is 121 cm³/mol. The zero-order valence-corrected chi connectivity index (χ0v) is 18.7. The van der Waals surface area contributed by atoms with Crippen LogP contribution in [0.5, 0.6) is 11.5 Å². The van der Waals surface area contributed by atoms with Crippen molar-refractivity contribution in [3.63, 3.8) is 0 Å². The Labute approximate surface area is 187 Å². The first kappa shape index (κ1) is 22.1. The van der Waals surface area contributed by atoms with E-state index in [2.05, 4.69) is 26.1 Å². The van der Waals surface area contributed by atoms with Crippen molar-refractivity contribution in [2.24, 2.45) is 5.92 Å². The van der Waals surface area contributed by atoms with Crippen molar-refractivity contribution in [3.05, 3.63) is 57.6 Å². The molecule has 2 atom stereocenters. The fourth-order valence-electron chi connectivity index (χ4n) is 4.45. The number of carbonyl (C=O) groups is 1. The first-order valence-corrected chi connectivity index (χ1v) is 11.1. The lowest BCUT2D eigenvalue weighted by Gasteiger charge is -2.36. The van der Waals surface area contributed by atoms with Crippen molar-refractivity contribution in [3.8, 4) is 11.5 Å². The van der Waals surface area contributed by atoms with Crippen molar-refractivity contribution >= 4 is 17.3 Å². The SMILES string of the molecule is CC(C)c1ccc(NC(=O)[C@H](c2cc3c(cc2[N+](=O)[O-])OCO3)N2CCC[C@@H](C)C2)cc1. The van der Waals surface area contributed by atoms with E-state index >= 15 is 0 Å². The third kappa shape index (κ3) is 4.55. The number of likely N-dealkylation sites (tertiary alicyclic amines) is 1. The van der Waals surface area contributed by atoms with Gasteiger partial charge in [-0.3, -0.25) is 19.8 Å². The number of rotatable bonds is 6. The summed E-state index contributed by atoms with van der Waals surface area (Å²) in [6.45, 7) is 7.76. The Morgan fingerprint density at radius 3 is 2.50 bits per heavy atom. The summed E-state index contributed by atoms with van der Waals surface area (Å²) in [5, 5.41) is 14.9. The standard InChI is InChI=1S/C24H29N3O5/c1-15(2)17-6-8-18(9-7-17)25-24(28)23(26-10-4-5-16(3)13-26)19-11-21-22(32-14-31-21)12-20(19)27(29)30/h6-9,11-12,15-16,23H,4-5,10,13-14H2,1-3H3,(H,25,28)/t16-,23+/m1/s1. The summed E-state index contributed by atoms with van der Waals surface area (Å²) < 4.78 is 10.8. The average Bonchev–Trinajstić information content (AvgIpc) is 3.21. The summed E-state index contributed by atoms with van der Waals surface area (Å²) in [6.07, 6.45) is 2.01. The number of nitro benzene ring substituents is 1. The van der Waals surface area contributed by atoms with Gasteiger partial charge in [-0.25, -0.2) is 0 Å². The van der Waals surface area contributed by atoms with Crippen molar-refractivity contribution in [2.75, 3.05) is 25.2 Å². The van der Waals surface area contributed by atoms with Gasteiger partial charge >= 0.3 is 0 Å². The molecule has 0 saturated carbocycles. The number of nitrogens with one attached hydrogen (secondary N) is 1. The Kier molecular flexibility index (Phi) is 6.32. The minimum atomic E-state index is -0.808. The fourth-order valence-corrected chi connectivity index (χ4v) is 4.45. The highest BCUT2D eigenvalue weighted by Crippen LogP contribution is 2.42. The van der Waals surface area contributed by atoms with Gasteiger partial charge in [-0.1, -0.05) is 32.9 Å². The molecule has 2 aromatic carbocycles. The van der Waals surface area contributed by atoms with Crippen LogP contribution in [0.1, 0.15) is 56.7 Å². The van der Waals surface area contributed by atoms with E-state index in [4.69, 9.17) is 9.47 Å². The summed E-state index contributed by atoms with van der Waals surface area (Å²) in [6, 6.07) is 9.86. The number of nitrogens with zero attached hydrogens (tertiary/aromatic N) is 2. The molecule has 0 bridgehead atoms. The fraction of sp³-hybridized carbons (Fsp3) is 0.458. The first-order valence-electron chi connectivity index (χ1n) is 11.1. The Bertz CT molecular complexity index is 1010. The molecule has 0 radical (unpaired) electrons. The molecule has 1 N–H and O–H groups in total. The van der Waals surface area contributed by atoms with E-state index in [-0.39, 0.29) is 18.4 Å². The molecule has 8 nitrogen and oxygen atoms in total. The lowest BCUT2D eigenvalue weighted by Crippen LogP contribution is -2.43. The highest BCUT2D eigenvalue weighted by Gasteiger charge is 2.37. The molecule has 0 aliphatic carbocycles. The molecule has 170 valence electrons. The molecule has 1 amide bonds. The number of piperidine rings is 1. The van der Waals surface area contributed by atoms with Crippen molar-refractivity contribution in [2.45, 2.75) is 45.6 Å². The van der Waals surface area contributed by atoms with E-state index in [1.165, 1.54) is 11.6 Å². The topological polar surface area (TPSA) is 93.9 Å². The van der Waals surface area contributed by atoms with E-state index in [9.17, 15) is 14.9 Å². The number of carbonyl (C=O) groups excluding carboxylic acids is 1. The molecule has 2 aliphatic heterocycles. The number of ether oxygens (including phenoxy) is 2. The molecule has 4 rings (SSSR count). The van der Waals surface area contributed by atoms with Gasteiger partial charge in [-0.15, -0.1) is 0 Å². The van der Waals surface area contributed by atoms with Crippen LogP contribution in [-0.4, -0.2) is 35.6 Å². The van der Waals surface area contributed by atoms with Crippen LogP contribution < -0.4 is 14.8 Å². The van der Waals surface area contributed by atoms with Gasteiger partial charge in [0.05, 0.1) is 16.6 Å². The van der Waals surface area contributed by atoms with Gasteiger partial charge in [0.1, 0.15) is 6.04 Å². The molecular weight excluding hydrogens is 410 g/mol. The summed E-state index contributed by atoms with van der Waals surface area (Å²) in [5.74, 6) is 1.25. The second-order valence-electron chi connectivity index (χ2n) is 8.93. The van der Waals surface area contributed by atoms with Crippen molar-refractivity contribution < 1.29 is 19.2 Å². The molecular formula is C24H29N3O5. The zero-order chi connectivity index (χ0) is 22.8. The Hall–Kier alpha value is -3.13. The smallest absolute Gasteiger partial charge is 0.278 e. The van der Waals surface area contributed by atoms with Gasteiger partial charge in [0.15, 0.2) is 11.5 Å². The van der Waals surface area contributed by atoms with Crippen molar-refractivity contribution in [1.29, 1.82) is 0 Å². The number of benzene rings is 2. The Balaban J connectivity index is 1.71. The predicted octanol–water partition coefficient (Wildman–Crippen LogP) is 4.86. The normalized spacial score (nSPS) is 19.1. The van der Waals surface area contributed by atoms with Crippen LogP contribution in [0.15, 0.2) is 36.4 Å². The molecule has 1 fully saturated rings. The van der Waals surface area contributed by atoms with Gasteiger partial charge < -0.3 is 14.8 Å². The maximum absolute atomic E-state index is 13.6. The first-order chi connectivity index (χ1) is 15.3. The van der Waals surface area contributed by atoms with Crippen LogP contribution in [-0.2, 0) is 4.79 Å². The largest absolute Gasteiger partial charge is 0.454 e. The molecule has 2 heterocycles. The van der Waals surface area contributed by atoms with Gasteiger partial charge in [-0.05, 0) is 55.0 Å². The van der Waals surface area contributed by atoms with Crippen LogP contribution >= 0.6 is 0 Å². The second-order valence-corrected chi connectivity index (χ2v) is 8.93. The van der Waals surface area contributed by atoms with E-state index in [1.807, 2.05) is 29.2 Å². The molecule has 2 aliphatic rings. The summed E-state index contributed by atoms with van der Waals surface area (Å²) in [7, 11) is 0. The third-order valence-corrected chi connectivity index (χ3v) is 6.16. The molecule has 0 aromatic heterocycles. The minimum absolute atomic E-state index is 0.00967. The van der Waals surface area contributed by atoms with E-state index < -0.39 is 11.0 Å².